The number of aromatic nitrogens is 1. The van der Waals surface area contributed by atoms with Crippen molar-refractivity contribution in [3.63, 3.8) is 0 Å². The summed E-state index contributed by atoms with van der Waals surface area (Å²) in [6, 6.07) is 0. The molecule has 1 saturated carbocycles. The molecule has 134 valence electrons. The number of nitrogens with one attached hydrogen (secondary N) is 1. The summed E-state index contributed by atoms with van der Waals surface area (Å²) in [5, 5.41) is 0. The quantitative estimate of drug-likeness (QED) is 0.834. The van der Waals surface area contributed by atoms with Crippen LogP contribution in [-0.2, 0) is 11.2 Å². The monoisotopic (exact) mass is 335 g/mol. The minimum absolute atomic E-state index is 0.00480. The van der Waals surface area contributed by atoms with Gasteiger partial charge in [0, 0.05) is 11.3 Å². The topological polar surface area (TPSA) is 68.4 Å². The second-order valence-corrected chi connectivity index (χ2v) is 6.99. The predicted molar refractivity (Wildman–Crippen MR) is 93.7 cm³/mol. The lowest BCUT2D eigenvalue weighted by Gasteiger charge is -2.32. The summed E-state index contributed by atoms with van der Waals surface area (Å²) in [6.07, 6.45) is 3.80. The van der Waals surface area contributed by atoms with Crippen LogP contribution in [0.25, 0.3) is 0 Å². The van der Waals surface area contributed by atoms with E-state index in [0.717, 1.165) is 24.1 Å². The van der Waals surface area contributed by atoms with Gasteiger partial charge < -0.3 is 14.5 Å². The summed E-state index contributed by atoms with van der Waals surface area (Å²) in [5.74, 6) is 0.972. The van der Waals surface area contributed by atoms with Crippen LogP contribution >= 0.6 is 0 Å². The van der Waals surface area contributed by atoms with E-state index < -0.39 is 11.5 Å². The number of esters is 1. The van der Waals surface area contributed by atoms with Crippen molar-refractivity contribution >= 4 is 5.97 Å². The first-order valence-corrected chi connectivity index (χ1v) is 8.96. The molecule has 3 atom stereocenters. The summed E-state index contributed by atoms with van der Waals surface area (Å²) in [4.78, 5) is 27.4. The maximum atomic E-state index is 12.4. The van der Waals surface area contributed by atoms with Crippen molar-refractivity contribution in [2.45, 2.75) is 66.4 Å². The highest BCUT2D eigenvalue weighted by Crippen LogP contribution is 2.34. The van der Waals surface area contributed by atoms with E-state index >= 15 is 0 Å². The highest BCUT2D eigenvalue weighted by molar-refractivity contribution is 5.92. The molecule has 0 amide bonds. The Balaban J connectivity index is 2.45. The maximum Gasteiger partial charge on any atom is 0.347 e. The van der Waals surface area contributed by atoms with E-state index in [4.69, 9.17) is 9.47 Å². The Morgan fingerprint density at radius 2 is 1.79 bits per heavy atom. The number of carbonyl (C=O) groups excluding carboxylic acids is 1. The van der Waals surface area contributed by atoms with Gasteiger partial charge in [0.15, 0.2) is 5.56 Å². The first kappa shape index (κ1) is 18.6. The van der Waals surface area contributed by atoms with E-state index in [1.165, 1.54) is 6.42 Å². The molecule has 0 spiro atoms. The van der Waals surface area contributed by atoms with Crippen LogP contribution in [-0.4, -0.2) is 23.7 Å². The minimum Gasteiger partial charge on any atom is -0.489 e. The van der Waals surface area contributed by atoms with E-state index in [1.807, 2.05) is 13.8 Å². The van der Waals surface area contributed by atoms with Crippen LogP contribution < -0.4 is 10.3 Å². The zero-order chi connectivity index (χ0) is 17.9. The van der Waals surface area contributed by atoms with E-state index in [9.17, 15) is 9.59 Å². The first-order valence-electron chi connectivity index (χ1n) is 8.96. The molecular weight excluding hydrogens is 306 g/mol. The number of rotatable bonds is 5. The van der Waals surface area contributed by atoms with Crippen LogP contribution in [0.15, 0.2) is 4.79 Å². The minimum atomic E-state index is -0.611. The highest BCUT2D eigenvalue weighted by atomic mass is 16.5. The third-order valence-electron chi connectivity index (χ3n) is 4.73. The highest BCUT2D eigenvalue weighted by Gasteiger charge is 2.29. The van der Waals surface area contributed by atoms with E-state index in [0.29, 0.717) is 24.0 Å². The van der Waals surface area contributed by atoms with E-state index in [2.05, 4.69) is 18.8 Å². The summed E-state index contributed by atoms with van der Waals surface area (Å²) in [6.45, 7) is 10.2. The smallest absolute Gasteiger partial charge is 0.347 e. The van der Waals surface area contributed by atoms with Gasteiger partial charge in [-0.1, -0.05) is 20.8 Å². The molecule has 5 nitrogen and oxygen atoms in total. The molecule has 1 heterocycles. The van der Waals surface area contributed by atoms with Crippen molar-refractivity contribution in [3.05, 3.63) is 27.2 Å². The maximum absolute atomic E-state index is 12.4. The molecule has 1 unspecified atom stereocenters. The molecule has 0 aliphatic heterocycles. The van der Waals surface area contributed by atoms with Crippen LogP contribution in [0.2, 0.25) is 0 Å². The number of hydrogen-bond acceptors (Lipinski definition) is 4. The van der Waals surface area contributed by atoms with Crippen LogP contribution in [0.1, 0.15) is 68.6 Å². The molecule has 1 fully saturated rings. The normalized spacial score (nSPS) is 23.8. The van der Waals surface area contributed by atoms with Gasteiger partial charge in [-0.2, -0.15) is 0 Å². The SMILES string of the molecule is CCOC(=O)c1c(OC2C[C@@H](C)C[C@@H](C)C2)c(CC)c(C)[nH]c1=O. The van der Waals surface area contributed by atoms with Gasteiger partial charge in [0.2, 0.25) is 0 Å². The molecule has 1 aliphatic carbocycles. The van der Waals surface area contributed by atoms with Crippen molar-refractivity contribution in [1.29, 1.82) is 0 Å². The Hall–Kier alpha value is -1.78. The lowest BCUT2D eigenvalue weighted by Crippen LogP contribution is -2.31. The molecule has 1 N–H and O–H groups in total. The first-order chi connectivity index (χ1) is 11.4. The van der Waals surface area contributed by atoms with Gasteiger partial charge in [0.05, 0.1) is 12.7 Å². The third kappa shape index (κ3) is 4.00. The van der Waals surface area contributed by atoms with Gasteiger partial charge in [-0.05, 0) is 51.4 Å². The molecule has 0 radical (unpaired) electrons. The molecule has 5 heteroatoms. The lowest BCUT2D eigenvalue weighted by molar-refractivity contribution is 0.0507. The van der Waals surface area contributed by atoms with Gasteiger partial charge in [0.1, 0.15) is 5.75 Å². The van der Waals surface area contributed by atoms with Crippen LogP contribution in [0.3, 0.4) is 0 Å². The molecule has 1 aliphatic rings. The summed E-state index contributed by atoms with van der Waals surface area (Å²) in [7, 11) is 0. The number of H-pyrrole nitrogens is 1. The number of carbonyl (C=O) groups is 1. The average molecular weight is 335 g/mol. The number of aryl methyl sites for hydroxylation is 1. The number of hydrogen-bond donors (Lipinski definition) is 1. The Morgan fingerprint density at radius 1 is 1.17 bits per heavy atom. The molecule has 0 aromatic carbocycles. The molecule has 1 aromatic heterocycles. The lowest BCUT2D eigenvalue weighted by atomic mass is 9.81. The van der Waals surface area contributed by atoms with Gasteiger partial charge >= 0.3 is 5.97 Å². The molecule has 0 bridgehead atoms. The third-order valence-corrected chi connectivity index (χ3v) is 4.73. The van der Waals surface area contributed by atoms with Crippen LogP contribution in [0.5, 0.6) is 5.75 Å². The van der Waals surface area contributed by atoms with Gasteiger partial charge in [-0.15, -0.1) is 0 Å². The average Bonchev–Trinajstić information content (AvgIpc) is 2.46. The van der Waals surface area contributed by atoms with Crippen molar-refractivity contribution in [3.8, 4) is 5.75 Å². The van der Waals surface area contributed by atoms with Crippen molar-refractivity contribution in [1.82, 2.24) is 4.98 Å². The van der Waals surface area contributed by atoms with Crippen LogP contribution in [0, 0.1) is 18.8 Å². The van der Waals surface area contributed by atoms with E-state index in [-0.39, 0.29) is 18.3 Å². The zero-order valence-electron chi connectivity index (χ0n) is 15.4. The largest absolute Gasteiger partial charge is 0.489 e. The predicted octanol–water partition coefficient (Wildman–Crippen LogP) is 3.63. The fourth-order valence-electron chi connectivity index (χ4n) is 3.81. The standard InChI is InChI=1S/C19H29NO4/c1-6-15-13(5)20-18(21)16(19(22)23-7-2)17(15)24-14-9-11(3)8-12(4)10-14/h11-12,14H,6-10H2,1-5H3,(H,20,21)/t11-,12+,14?. The Labute approximate surface area is 143 Å². The van der Waals surface area contributed by atoms with Gasteiger partial charge in [-0.25, -0.2) is 4.79 Å². The Kier molecular flexibility index (Phi) is 6.08. The number of pyridine rings is 1. The zero-order valence-corrected chi connectivity index (χ0v) is 15.4. The summed E-state index contributed by atoms with van der Waals surface area (Å²) in [5.41, 5.74) is 1.20. The fraction of sp³-hybridized carbons (Fsp3) is 0.684. The van der Waals surface area contributed by atoms with Crippen molar-refractivity contribution in [2.24, 2.45) is 11.8 Å². The Bertz CT molecular complexity index is 640. The second kappa shape index (κ2) is 7.86. The molecule has 2 rings (SSSR count). The number of aromatic amines is 1. The molecule has 24 heavy (non-hydrogen) atoms. The fourth-order valence-corrected chi connectivity index (χ4v) is 3.81. The van der Waals surface area contributed by atoms with Crippen molar-refractivity contribution in [2.75, 3.05) is 6.61 Å². The number of ether oxygens (including phenoxy) is 2. The van der Waals surface area contributed by atoms with Gasteiger partial charge in [-0.3, -0.25) is 4.79 Å². The Morgan fingerprint density at radius 3 is 2.33 bits per heavy atom. The van der Waals surface area contributed by atoms with Crippen molar-refractivity contribution < 1.29 is 14.3 Å². The summed E-state index contributed by atoms with van der Waals surface area (Å²) < 4.78 is 11.3. The van der Waals surface area contributed by atoms with Crippen LogP contribution in [0.4, 0.5) is 0 Å². The molecular formula is C19H29NO4. The second-order valence-electron chi connectivity index (χ2n) is 6.99. The van der Waals surface area contributed by atoms with Gasteiger partial charge in [0.25, 0.3) is 5.56 Å². The molecule has 1 aromatic rings. The molecule has 0 saturated heterocycles. The summed E-state index contributed by atoms with van der Waals surface area (Å²) >= 11 is 0. The van der Waals surface area contributed by atoms with E-state index in [1.54, 1.807) is 6.92 Å².